The predicted octanol–water partition coefficient (Wildman–Crippen LogP) is 4.79. The van der Waals surface area contributed by atoms with Gasteiger partial charge in [-0.1, -0.05) is 17.7 Å². The molecule has 0 aromatic heterocycles. The number of nitrogens with two attached hydrogens (primary N) is 1. The van der Waals surface area contributed by atoms with Gasteiger partial charge in [0, 0.05) is 21.9 Å². The van der Waals surface area contributed by atoms with Crippen LogP contribution in [-0.4, -0.2) is 31.8 Å². The van der Waals surface area contributed by atoms with Crippen LogP contribution in [0.4, 0.5) is 10.1 Å². The second kappa shape index (κ2) is 10.5. The average molecular weight is 477 g/mol. The molecule has 3 aromatic rings. The highest BCUT2D eigenvalue weighted by atomic mass is 35.5. The van der Waals surface area contributed by atoms with Gasteiger partial charge in [-0.25, -0.2) is 4.39 Å². The summed E-state index contributed by atoms with van der Waals surface area (Å²) in [5, 5.41) is 10.6. The number of aromatic hydroxyl groups is 1. The van der Waals surface area contributed by atoms with Crippen molar-refractivity contribution >= 4 is 35.1 Å². The third kappa shape index (κ3) is 5.57. The van der Waals surface area contributed by atoms with Crippen LogP contribution in [0.3, 0.4) is 0 Å². The molecule has 0 atom stereocenters. The summed E-state index contributed by atoms with van der Waals surface area (Å²) >= 11 is 7.43. The van der Waals surface area contributed by atoms with Crippen LogP contribution in [0.1, 0.15) is 11.1 Å². The first kappa shape index (κ1) is 23.6. The molecule has 6 nitrogen and oxygen atoms in total. The Hall–Kier alpha value is -3.10. The van der Waals surface area contributed by atoms with E-state index in [1.54, 1.807) is 46.8 Å². The summed E-state index contributed by atoms with van der Waals surface area (Å²) in [5.41, 5.74) is 7.16. The highest BCUT2D eigenvalue weighted by Gasteiger charge is 2.19. The monoisotopic (exact) mass is 476 g/mol. The molecule has 168 valence electrons. The first-order chi connectivity index (χ1) is 15.3. The number of primary amides is 1. The van der Waals surface area contributed by atoms with E-state index < -0.39 is 11.7 Å². The quantitative estimate of drug-likeness (QED) is 0.432. The normalized spacial score (nSPS) is 10.6. The second-order valence-corrected chi connectivity index (χ2v) is 8.33. The lowest BCUT2D eigenvalue weighted by Gasteiger charge is -2.25. The number of phenolic OH excluding ortho intramolecular Hbond substituents is 1. The molecule has 0 saturated heterocycles. The predicted molar refractivity (Wildman–Crippen MR) is 124 cm³/mol. The van der Waals surface area contributed by atoms with Crippen LogP contribution in [0.2, 0.25) is 5.02 Å². The molecule has 0 fully saturated rings. The smallest absolute Gasteiger partial charge is 0.238 e. The number of carbonyl (C=O) groups is 1. The molecule has 3 N–H and O–H groups in total. The Morgan fingerprint density at radius 1 is 1.12 bits per heavy atom. The number of phenols is 1. The van der Waals surface area contributed by atoms with Gasteiger partial charge in [0.05, 0.1) is 19.9 Å². The molecule has 0 aliphatic heterocycles. The van der Waals surface area contributed by atoms with E-state index in [4.69, 9.17) is 26.8 Å². The summed E-state index contributed by atoms with van der Waals surface area (Å²) in [6, 6.07) is 14.6. The van der Waals surface area contributed by atoms with Gasteiger partial charge in [0.25, 0.3) is 0 Å². The number of methoxy groups -OCH3 is 2. The van der Waals surface area contributed by atoms with Crippen LogP contribution in [0.15, 0.2) is 59.5 Å². The molecule has 0 aliphatic rings. The van der Waals surface area contributed by atoms with Crippen LogP contribution in [0.25, 0.3) is 0 Å². The van der Waals surface area contributed by atoms with E-state index in [1.165, 1.54) is 38.3 Å². The molecule has 3 rings (SSSR count). The van der Waals surface area contributed by atoms with Gasteiger partial charge in [0.2, 0.25) is 5.91 Å². The summed E-state index contributed by atoms with van der Waals surface area (Å²) in [7, 11) is 2.93. The van der Waals surface area contributed by atoms with E-state index in [-0.39, 0.29) is 18.7 Å². The maximum atomic E-state index is 14.6. The minimum atomic E-state index is -0.556. The van der Waals surface area contributed by atoms with Crippen molar-refractivity contribution < 1.29 is 23.8 Å². The van der Waals surface area contributed by atoms with E-state index in [0.717, 1.165) is 0 Å². The van der Waals surface area contributed by atoms with Crippen molar-refractivity contribution in [3.63, 3.8) is 0 Å². The Labute approximate surface area is 194 Å². The van der Waals surface area contributed by atoms with E-state index in [0.29, 0.717) is 38.2 Å². The highest BCUT2D eigenvalue weighted by molar-refractivity contribution is 8.00. The number of hydrogen-bond acceptors (Lipinski definition) is 6. The maximum absolute atomic E-state index is 14.6. The molecule has 9 heteroatoms. The van der Waals surface area contributed by atoms with Crippen molar-refractivity contribution in [1.82, 2.24) is 0 Å². The summed E-state index contributed by atoms with van der Waals surface area (Å²) in [6.07, 6.45) is 0.176. The summed E-state index contributed by atoms with van der Waals surface area (Å²) in [5.74, 6) is -0.271. The van der Waals surface area contributed by atoms with Crippen molar-refractivity contribution in [3.8, 4) is 17.2 Å². The largest absolute Gasteiger partial charge is 0.504 e. The molecular weight excluding hydrogens is 455 g/mol. The van der Waals surface area contributed by atoms with Crippen LogP contribution in [0, 0.1) is 5.82 Å². The maximum Gasteiger partial charge on any atom is 0.238 e. The fourth-order valence-electron chi connectivity index (χ4n) is 3.19. The molecule has 0 unspecified atom stereocenters. The van der Waals surface area contributed by atoms with Crippen molar-refractivity contribution in [2.45, 2.75) is 11.3 Å². The second-order valence-electron chi connectivity index (χ2n) is 6.80. The fraction of sp³-hybridized carbons (Fsp3) is 0.174. The van der Waals surface area contributed by atoms with Gasteiger partial charge in [-0.2, -0.15) is 0 Å². The van der Waals surface area contributed by atoms with Crippen molar-refractivity contribution in [1.29, 1.82) is 0 Å². The van der Waals surface area contributed by atoms with E-state index >= 15 is 0 Å². The first-order valence-electron chi connectivity index (χ1n) is 9.53. The number of ether oxygens (including phenoxy) is 2. The molecule has 32 heavy (non-hydrogen) atoms. The number of hydrogen-bond donors (Lipinski definition) is 2. The summed E-state index contributed by atoms with van der Waals surface area (Å²) in [6.45, 7) is -0.125. The van der Waals surface area contributed by atoms with Gasteiger partial charge in [-0.15, -0.1) is 0 Å². The zero-order valence-corrected chi connectivity index (χ0v) is 19.0. The summed E-state index contributed by atoms with van der Waals surface area (Å²) < 4.78 is 26.6. The van der Waals surface area contributed by atoms with E-state index in [1.807, 2.05) is 0 Å². The molecule has 0 aliphatic carbocycles. The molecule has 1 amide bonds. The van der Waals surface area contributed by atoms with Gasteiger partial charge in [-0.3, -0.25) is 4.79 Å². The Kier molecular flexibility index (Phi) is 7.71. The van der Waals surface area contributed by atoms with Gasteiger partial charge in [0.1, 0.15) is 18.1 Å². The van der Waals surface area contributed by atoms with Crippen LogP contribution < -0.4 is 19.5 Å². The SMILES string of the molecule is COc1ccc(SN(CC(N)=O)c2ccc(Cl)cc2Cc2c(F)cccc2OC)cc1O. The Morgan fingerprint density at radius 3 is 2.53 bits per heavy atom. The van der Waals surface area contributed by atoms with E-state index in [9.17, 15) is 14.3 Å². The topological polar surface area (TPSA) is 85.0 Å². The molecule has 0 bridgehead atoms. The standard InChI is InChI=1S/C23H22ClFN2O4S/c1-30-21-5-3-4-18(25)17(21)11-14-10-15(24)6-8-19(14)27(13-23(26)29)32-16-7-9-22(31-2)20(28)12-16/h3-10,12,28H,11,13H2,1-2H3,(H2,26,29). The molecule has 3 aromatic carbocycles. The lowest BCUT2D eigenvalue weighted by molar-refractivity contribution is -0.116. The fourth-order valence-corrected chi connectivity index (χ4v) is 4.40. The third-order valence-corrected chi connectivity index (χ3v) is 5.88. The minimum absolute atomic E-state index is 0.0380. The minimum Gasteiger partial charge on any atom is -0.504 e. The highest BCUT2D eigenvalue weighted by Crippen LogP contribution is 2.38. The number of amides is 1. The van der Waals surface area contributed by atoms with E-state index in [2.05, 4.69) is 0 Å². The lowest BCUT2D eigenvalue weighted by atomic mass is 10.0. The van der Waals surface area contributed by atoms with Gasteiger partial charge in [0.15, 0.2) is 11.5 Å². The van der Waals surface area contributed by atoms with Gasteiger partial charge >= 0.3 is 0 Å². The lowest BCUT2D eigenvalue weighted by Crippen LogP contribution is -2.29. The zero-order chi connectivity index (χ0) is 23.3. The Morgan fingerprint density at radius 2 is 1.88 bits per heavy atom. The van der Waals surface area contributed by atoms with Gasteiger partial charge in [-0.05, 0) is 66.0 Å². The summed E-state index contributed by atoms with van der Waals surface area (Å²) in [4.78, 5) is 12.5. The molecule has 0 spiro atoms. The Balaban J connectivity index is 2.02. The third-order valence-electron chi connectivity index (χ3n) is 4.64. The van der Waals surface area contributed by atoms with Crippen molar-refractivity contribution in [2.75, 3.05) is 25.1 Å². The number of anilines is 1. The molecule has 0 radical (unpaired) electrons. The number of nitrogens with zero attached hydrogens (tertiary/aromatic N) is 1. The van der Waals surface area contributed by atoms with Crippen LogP contribution in [0.5, 0.6) is 17.2 Å². The van der Waals surface area contributed by atoms with Crippen molar-refractivity contribution in [3.05, 3.63) is 76.6 Å². The number of carbonyl (C=O) groups excluding carboxylic acids is 1. The first-order valence-corrected chi connectivity index (χ1v) is 10.7. The average Bonchev–Trinajstić information content (AvgIpc) is 2.74. The number of rotatable bonds is 9. The number of benzene rings is 3. The zero-order valence-electron chi connectivity index (χ0n) is 17.5. The number of halogens is 2. The molecular formula is C23H22ClFN2O4S. The van der Waals surface area contributed by atoms with Crippen molar-refractivity contribution in [2.24, 2.45) is 5.73 Å². The molecule has 0 heterocycles. The Bertz CT molecular complexity index is 1130. The van der Waals surface area contributed by atoms with Crippen LogP contribution >= 0.6 is 23.5 Å². The van der Waals surface area contributed by atoms with Gasteiger partial charge < -0.3 is 24.6 Å². The van der Waals surface area contributed by atoms with Crippen LogP contribution in [-0.2, 0) is 11.2 Å². The molecule has 0 saturated carbocycles.